The summed E-state index contributed by atoms with van der Waals surface area (Å²) in [5.74, 6) is 0.110. The maximum atomic E-state index is 12.9. The topological polar surface area (TPSA) is 21.3 Å². The van der Waals surface area contributed by atoms with Crippen LogP contribution in [-0.2, 0) is 4.74 Å². The van der Waals surface area contributed by atoms with Crippen LogP contribution in [0.4, 0.5) is 4.39 Å². The van der Waals surface area contributed by atoms with Crippen LogP contribution < -0.4 is 5.32 Å². The number of ether oxygens (including phenoxy) is 1. The summed E-state index contributed by atoms with van der Waals surface area (Å²) in [5, 5.41) is 3.33. The average molecular weight is 251 g/mol. The smallest absolute Gasteiger partial charge is 0.123 e. The van der Waals surface area contributed by atoms with Gasteiger partial charge >= 0.3 is 0 Å². The second kappa shape index (κ2) is 6.30. The molecule has 2 unspecified atom stereocenters. The standard InChI is InChI=1S/C15H22FNO/c1-11(13-3-5-14(16)6-4-13)12(2)18-15-7-9-17-10-8-15/h3-6,11-12,15,17H,7-10H2,1-2H3. The predicted molar refractivity (Wildman–Crippen MR) is 71.3 cm³/mol. The van der Waals surface area contributed by atoms with E-state index in [9.17, 15) is 4.39 Å². The van der Waals surface area contributed by atoms with Crippen molar-refractivity contribution in [2.75, 3.05) is 13.1 Å². The fourth-order valence-corrected chi connectivity index (χ4v) is 2.39. The van der Waals surface area contributed by atoms with Gasteiger partial charge in [0.15, 0.2) is 0 Å². The minimum atomic E-state index is -0.183. The first kappa shape index (κ1) is 13.5. The van der Waals surface area contributed by atoms with Crippen LogP contribution in [0.3, 0.4) is 0 Å². The van der Waals surface area contributed by atoms with Gasteiger partial charge in [0.1, 0.15) is 5.82 Å². The van der Waals surface area contributed by atoms with Crippen molar-refractivity contribution in [2.45, 2.75) is 44.8 Å². The van der Waals surface area contributed by atoms with Crippen molar-refractivity contribution in [3.05, 3.63) is 35.6 Å². The molecule has 1 aliphatic rings. The Morgan fingerprint density at radius 2 is 1.78 bits per heavy atom. The number of halogens is 1. The van der Waals surface area contributed by atoms with Gasteiger partial charge in [-0.05, 0) is 50.6 Å². The number of hydrogen-bond acceptors (Lipinski definition) is 2. The molecule has 2 rings (SSSR count). The van der Waals surface area contributed by atoms with Gasteiger partial charge in [-0.15, -0.1) is 0 Å². The minimum Gasteiger partial charge on any atom is -0.375 e. The normalized spacial score (nSPS) is 20.6. The largest absolute Gasteiger partial charge is 0.375 e. The summed E-state index contributed by atoms with van der Waals surface area (Å²) in [6.45, 7) is 6.33. The lowest BCUT2D eigenvalue weighted by Gasteiger charge is -2.29. The first-order valence-electron chi connectivity index (χ1n) is 6.78. The molecule has 0 radical (unpaired) electrons. The fourth-order valence-electron chi connectivity index (χ4n) is 2.39. The molecule has 1 aliphatic heterocycles. The van der Waals surface area contributed by atoms with Crippen molar-refractivity contribution in [3.63, 3.8) is 0 Å². The second-order valence-corrected chi connectivity index (χ2v) is 5.13. The molecule has 3 heteroatoms. The van der Waals surface area contributed by atoms with Crippen LogP contribution in [0.15, 0.2) is 24.3 Å². The zero-order chi connectivity index (χ0) is 13.0. The Morgan fingerprint density at radius 3 is 2.39 bits per heavy atom. The molecule has 0 aliphatic carbocycles. The molecule has 1 aromatic carbocycles. The Balaban J connectivity index is 1.91. The summed E-state index contributed by atoms with van der Waals surface area (Å²) >= 11 is 0. The van der Waals surface area contributed by atoms with Crippen LogP contribution in [0.1, 0.15) is 38.2 Å². The molecule has 2 nitrogen and oxygen atoms in total. The Morgan fingerprint density at radius 1 is 1.17 bits per heavy atom. The Bertz CT molecular complexity index is 359. The van der Waals surface area contributed by atoms with E-state index in [1.165, 1.54) is 12.1 Å². The highest BCUT2D eigenvalue weighted by Crippen LogP contribution is 2.24. The quantitative estimate of drug-likeness (QED) is 0.888. The lowest BCUT2D eigenvalue weighted by molar-refractivity contribution is -0.0273. The van der Waals surface area contributed by atoms with Gasteiger partial charge in [0.05, 0.1) is 12.2 Å². The van der Waals surface area contributed by atoms with Crippen LogP contribution in [0.2, 0.25) is 0 Å². The van der Waals surface area contributed by atoms with E-state index in [1.807, 2.05) is 12.1 Å². The van der Waals surface area contributed by atoms with E-state index in [-0.39, 0.29) is 11.9 Å². The highest BCUT2D eigenvalue weighted by atomic mass is 19.1. The molecule has 0 bridgehead atoms. The molecule has 1 saturated heterocycles. The third-order valence-corrected chi connectivity index (χ3v) is 3.79. The van der Waals surface area contributed by atoms with Crippen molar-refractivity contribution < 1.29 is 9.13 Å². The predicted octanol–water partition coefficient (Wildman–Crippen LogP) is 3.09. The number of nitrogens with one attached hydrogen (secondary N) is 1. The second-order valence-electron chi connectivity index (χ2n) is 5.13. The number of benzene rings is 1. The first-order chi connectivity index (χ1) is 8.66. The van der Waals surface area contributed by atoms with Gasteiger partial charge in [0.25, 0.3) is 0 Å². The summed E-state index contributed by atoms with van der Waals surface area (Å²) in [5.41, 5.74) is 1.14. The molecule has 0 saturated carbocycles. The third kappa shape index (κ3) is 3.53. The SMILES string of the molecule is CC(OC1CCNCC1)C(C)c1ccc(F)cc1. The van der Waals surface area contributed by atoms with E-state index in [1.54, 1.807) is 0 Å². The molecule has 1 N–H and O–H groups in total. The lowest BCUT2D eigenvalue weighted by atomic mass is 9.96. The summed E-state index contributed by atoms with van der Waals surface area (Å²) in [6, 6.07) is 6.73. The van der Waals surface area contributed by atoms with Crippen molar-refractivity contribution in [1.82, 2.24) is 5.32 Å². The van der Waals surface area contributed by atoms with Crippen molar-refractivity contribution in [1.29, 1.82) is 0 Å². The molecule has 1 fully saturated rings. The van der Waals surface area contributed by atoms with Gasteiger partial charge < -0.3 is 10.1 Å². The molecule has 0 aromatic heterocycles. The first-order valence-corrected chi connectivity index (χ1v) is 6.78. The van der Waals surface area contributed by atoms with Gasteiger partial charge in [-0.25, -0.2) is 4.39 Å². The van der Waals surface area contributed by atoms with Crippen molar-refractivity contribution >= 4 is 0 Å². The zero-order valence-corrected chi connectivity index (χ0v) is 11.2. The summed E-state index contributed by atoms with van der Waals surface area (Å²) < 4.78 is 19.0. The van der Waals surface area contributed by atoms with E-state index in [2.05, 4.69) is 19.2 Å². The summed E-state index contributed by atoms with van der Waals surface area (Å²) in [4.78, 5) is 0. The Hall–Kier alpha value is -0.930. The van der Waals surface area contributed by atoms with Crippen LogP contribution >= 0.6 is 0 Å². The monoisotopic (exact) mass is 251 g/mol. The minimum absolute atomic E-state index is 0.165. The van der Waals surface area contributed by atoms with Gasteiger partial charge in [-0.2, -0.15) is 0 Å². The van der Waals surface area contributed by atoms with Gasteiger partial charge in [-0.3, -0.25) is 0 Å². The summed E-state index contributed by atoms with van der Waals surface area (Å²) in [7, 11) is 0. The van der Waals surface area contributed by atoms with Crippen LogP contribution in [0.5, 0.6) is 0 Å². The highest BCUT2D eigenvalue weighted by Gasteiger charge is 2.21. The molecule has 1 heterocycles. The zero-order valence-electron chi connectivity index (χ0n) is 11.2. The maximum Gasteiger partial charge on any atom is 0.123 e. The number of rotatable bonds is 4. The molecule has 0 amide bonds. The van der Waals surface area contributed by atoms with Gasteiger partial charge in [0, 0.05) is 5.92 Å². The molecular weight excluding hydrogens is 229 g/mol. The maximum absolute atomic E-state index is 12.9. The summed E-state index contributed by atoms with van der Waals surface area (Å²) in [6.07, 6.45) is 2.70. The fraction of sp³-hybridized carbons (Fsp3) is 0.600. The third-order valence-electron chi connectivity index (χ3n) is 3.79. The molecule has 18 heavy (non-hydrogen) atoms. The van der Waals surface area contributed by atoms with Gasteiger partial charge in [0.2, 0.25) is 0 Å². The van der Waals surface area contributed by atoms with Crippen molar-refractivity contribution in [3.8, 4) is 0 Å². The van der Waals surface area contributed by atoms with Crippen LogP contribution in [-0.4, -0.2) is 25.3 Å². The molecule has 0 spiro atoms. The van der Waals surface area contributed by atoms with Crippen LogP contribution in [0.25, 0.3) is 0 Å². The Kier molecular flexibility index (Phi) is 4.72. The highest BCUT2D eigenvalue weighted by molar-refractivity contribution is 5.20. The average Bonchev–Trinajstić information content (AvgIpc) is 2.40. The van der Waals surface area contributed by atoms with E-state index in [0.29, 0.717) is 12.0 Å². The molecule has 2 atom stereocenters. The van der Waals surface area contributed by atoms with E-state index in [0.717, 1.165) is 31.5 Å². The van der Waals surface area contributed by atoms with Crippen molar-refractivity contribution in [2.24, 2.45) is 0 Å². The van der Waals surface area contributed by atoms with Crippen LogP contribution in [0, 0.1) is 5.82 Å². The van der Waals surface area contributed by atoms with E-state index in [4.69, 9.17) is 4.74 Å². The number of hydrogen-bond donors (Lipinski definition) is 1. The molecule has 100 valence electrons. The van der Waals surface area contributed by atoms with Gasteiger partial charge in [-0.1, -0.05) is 19.1 Å². The molecular formula is C15H22FNO. The molecule has 1 aromatic rings. The Labute approximate surface area is 109 Å². The van der Waals surface area contributed by atoms with E-state index < -0.39 is 0 Å². The number of piperidine rings is 1. The van der Waals surface area contributed by atoms with E-state index >= 15 is 0 Å². The lowest BCUT2D eigenvalue weighted by Crippen LogP contribution is -2.35.